The highest BCUT2D eigenvalue weighted by atomic mass is 19.1. The van der Waals surface area contributed by atoms with E-state index in [1.54, 1.807) is 11.0 Å². The summed E-state index contributed by atoms with van der Waals surface area (Å²) in [6.45, 7) is 3.65. The molecule has 1 aliphatic heterocycles. The van der Waals surface area contributed by atoms with Gasteiger partial charge in [-0.2, -0.15) is 0 Å². The Morgan fingerprint density at radius 2 is 2.10 bits per heavy atom. The lowest BCUT2D eigenvalue weighted by molar-refractivity contribution is 0.0682. The first-order valence-corrected chi connectivity index (χ1v) is 7.28. The fourth-order valence-electron chi connectivity index (χ4n) is 2.80. The van der Waals surface area contributed by atoms with Gasteiger partial charge in [-0.3, -0.25) is 4.79 Å². The largest absolute Gasteiger partial charge is 0.497 e. The summed E-state index contributed by atoms with van der Waals surface area (Å²) in [5.41, 5.74) is 0.139. The van der Waals surface area contributed by atoms with Crippen LogP contribution in [0.3, 0.4) is 0 Å². The number of benzene rings is 1. The van der Waals surface area contributed by atoms with Crippen LogP contribution in [-0.2, 0) is 0 Å². The van der Waals surface area contributed by atoms with E-state index in [1.165, 1.54) is 32.1 Å². The van der Waals surface area contributed by atoms with Crippen LogP contribution in [-0.4, -0.2) is 31.0 Å². The molecule has 0 N–H and O–H groups in total. The van der Waals surface area contributed by atoms with E-state index in [0.717, 1.165) is 25.9 Å². The number of piperidine rings is 1. The van der Waals surface area contributed by atoms with Crippen LogP contribution in [0.2, 0.25) is 0 Å². The maximum atomic E-state index is 13.9. The van der Waals surface area contributed by atoms with E-state index in [0.29, 0.717) is 11.7 Å². The van der Waals surface area contributed by atoms with Crippen molar-refractivity contribution in [3.63, 3.8) is 0 Å². The number of carbonyl (C=O) groups is 1. The Labute approximate surface area is 119 Å². The van der Waals surface area contributed by atoms with Gasteiger partial charge in [0.2, 0.25) is 0 Å². The minimum atomic E-state index is -0.509. The number of nitrogens with zero attached hydrogens (tertiary/aromatic N) is 1. The molecule has 1 heterocycles. The third-order valence-electron chi connectivity index (χ3n) is 4.01. The zero-order chi connectivity index (χ0) is 14.5. The standard InChI is InChI=1S/C16H22FNO2/c1-3-4-12-7-9-18(10-8-12)16(19)14-6-5-13(20-2)11-15(14)17/h5-6,11-12H,3-4,7-10H2,1-2H3. The van der Waals surface area contributed by atoms with Gasteiger partial charge in [-0.1, -0.05) is 19.8 Å². The van der Waals surface area contributed by atoms with Crippen molar-refractivity contribution in [2.45, 2.75) is 32.6 Å². The van der Waals surface area contributed by atoms with Crippen molar-refractivity contribution in [1.82, 2.24) is 4.90 Å². The van der Waals surface area contributed by atoms with E-state index in [-0.39, 0.29) is 11.5 Å². The van der Waals surface area contributed by atoms with Crippen molar-refractivity contribution in [2.24, 2.45) is 5.92 Å². The molecule has 0 atom stereocenters. The Morgan fingerprint density at radius 3 is 2.65 bits per heavy atom. The second-order valence-corrected chi connectivity index (χ2v) is 5.37. The number of methoxy groups -OCH3 is 1. The summed E-state index contributed by atoms with van der Waals surface area (Å²) < 4.78 is 18.9. The van der Waals surface area contributed by atoms with Gasteiger partial charge >= 0.3 is 0 Å². The quantitative estimate of drug-likeness (QED) is 0.844. The Bertz CT molecular complexity index is 468. The molecule has 1 saturated heterocycles. The summed E-state index contributed by atoms with van der Waals surface area (Å²) in [6.07, 6.45) is 4.46. The molecule has 1 amide bonds. The Morgan fingerprint density at radius 1 is 1.40 bits per heavy atom. The number of likely N-dealkylation sites (tertiary alicyclic amines) is 1. The third-order valence-corrected chi connectivity index (χ3v) is 4.01. The summed E-state index contributed by atoms with van der Waals surface area (Å²) in [6, 6.07) is 4.39. The van der Waals surface area contributed by atoms with Crippen molar-refractivity contribution in [3.8, 4) is 5.75 Å². The van der Waals surface area contributed by atoms with Gasteiger partial charge in [0.05, 0.1) is 12.7 Å². The molecule has 1 aromatic carbocycles. The van der Waals surface area contributed by atoms with Crippen LogP contribution in [0.25, 0.3) is 0 Å². The van der Waals surface area contributed by atoms with Crippen LogP contribution < -0.4 is 4.74 Å². The summed E-state index contributed by atoms with van der Waals surface area (Å²) in [4.78, 5) is 14.1. The van der Waals surface area contributed by atoms with Gasteiger partial charge in [-0.05, 0) is 30.9 Å². The molecule has 2 rings (SSSR count). The van der Waals surface area contributed by atoms with E-state index in [4.69, 9.17) is 4.74 Å². The first kappa shape index (κ1) is 14.8. The molecule has 20 heavy (non-hydrogen) atoms. The molecule has 1 aliphatic rings. The lowest BCUT2D eigenvalue weighted by Gasteiger charge is -2.32. The molecule has 0 bridgehead atoms. The Kier molecular flexibility index (Phi) is 4.99. The lowest BCUT2D eigenvalue weighted by atomic mass is 9.92. The van der Waals surface area contributed by atoms with Gasteiger partial charge < -0.3 is 9.64 Å². The van der Waals surface area contributed by atoms with Crippen LogP contribution >= 0.6 is 0 Å². The lowest BCUT2D eigenvalue weighted by Crippen LogP contribution is -2.38. The molecule has 0 aromatic heterocycles. The van der Waals surface area contributed by atoms with Crippen LogP contribution in [0.1, 0.15) is 43.0 Å². The Balaban J connectivity index is 2.02. The van der Waals surface area contributed by atoms with E-state index >= 15 is 0 Å². The molecule has 1 fully saturated rings. The van der Waals surface area contributed by atoms with E-state index in [1.807, 2.05) is 0 Å². The van der Waals surface area contributed by atoms with Crippen molar-refractivity contribution < 1.29 is 13.9 Å². The van der Waals surface area contributed by atoms with Crippen molar-refractivity contribution in [1.29, 1.82) is 0 Å². The van der Waals surface area contributed by atoms with Gasteiger partial charge in [-0.25, -0.2) is 4.39 Å². The molecule has 0 saturated carbocycles. The van der Waals surface area contributed by atoms with Gasteiger partial charge in [0.15, 0.2) is 0 Å². The first-order valence-electron chi connectivity index (χ1n) is 7.28. The fraction of sp³-hybridized carbons (Fsp3) is 0.562. The predicted octanol–water partition coefficient (Wildman–Crippen LogP) is 3.49. The van der Waals surface area contributed by atoms with Crippen LogP contribution in [0, 0.1) is 11.7 Å². The number of halogens is 1. The van der Waals surface area contributed by atoms with Crippen molar-refractivity contribution >= 4 is 5.91 Å². The highest BCUT2D eigenvalue weighted by Crippen LogP contribution is 2.24. The summed E-state index contributed by atoms with van der Waals surface area (Å²) in [5.74, 6) is 0.426. The number of amides is 1. The second kappa shape index (κ2) is 6.73. The number of rotatable bonds is 4. The molecule has 1 aromatic rings. The second-order valence-electron chi connectivity index (χ2n) is 5.37. The predicted molar refractivity (Wildman–Crippen MR) is 76.5 cm³/mol. The van der Waals surface area contributed by atoms with Crippen molar-refractivity contribution in [3.05, 3.63) is 29.6 Å². The van der Waals surface area contributed by atoms with Crippen LogP contribution in [0.15, 0.2) is 18.2 Å². The summed E-state index contributed by atoms with van der Waals surface area (Å²) in [7, 11) is 1.48. The van der Waals surface area contributed by atoms with Crippen LogP contribution in [0.5, 0.6) is 5.75 Å². The van der Waals surface area contributed by atoms with E-state index < -0.39 is 5.82 Å². The minimum absolute atomic E-state index is 0.139. The average Bonchev–Trinajstić information content (AvgIpc) is 2.47. The normalized spacial score (nSPS) is 16.2. The summed E-state index contributed by atoms with van der Waals surface area (Å²) in [5, 5.41) is 0. The fourth-order valence-corrected chi connectivity index (χ4v) is 2.80. The topological polar surface area (TPSA) is 29.5 Å². The summed E-state index contributed by atoms with van der Waals surface area (Å²) >= 11 is 0. The number of carbonyl (C=O) groups excluding carboxylic acids is 1. The minimum Gasteiger partial charge on any atom is -0.497 e. The average molecular weight is 279 g/mol. The number of ether oxygens (including phenoxy) is 1. The van der Waals surface area contributed by atoms with Gasteiger partial charge in [0.1, 0.15) is 11.6 Å². The molecule has 110 valence electrons. The molecule has 0 aliphatic carbocycles. The molecular formula is C16H22FNO2. The monoisotopic (exact) mass is 279 g/mol. The first-order chi connectivity index (χ1) is 9.65. The SMILES string of the molecule is CCCC1CCN(C(=O)c2ccc(OC)cc2F)CC1. The number of hydrogen-bond acceptors (Lipinski definition) is 2. The molecule has 0 radical (unpaired) electrons. The molecule has 0 spiro atoms. The maximum Gasteiger partial charge on any atom is 0.256 e. The molecular weight excluding hydrogens is 257 g/mol. The van der Waals surface area contributed by atoms with E-state index in [9.17, 15) is 9.18 Å². The van der Waals surface area contributed by atoms with Gasteiger partial charge in [0.25, 0.3) is 5.91 Å². The molecule has 3 nitrogen and oxygen atoms in total. The molecule has 4 heteroatoms. The van der Waals surface area contributed by atoms with Gasteiger partial charge in [-0.15, -0.1) is 0 Å². The zero-order valence-electron chi connectivity index (χ0n) is 12.2. The zero-order valence-corrected chi connectivity index (χ0v) is 12.2. The van der Waals surface area contributed by atoms with E-state index in [2.05, 4.69) is 6.92 Å². The van der Waals surface area contributed by atoms with Gasteiger partial charge in [0, 0.05) is 19.2 Å². The highest BCUT2D eigenvalue weighted by molar-refractivity contribution is 5.94. The highest BCUT2D eigenvalue weighted by Gasteiger charge is 2.24. The van der Waals surface area contributed by atoms with Crippen molar-refractivity contribution in [2.75, 3.05) is 20.2 Å². The van der Waals surface area contributed by atoms with Crippen LogP contribution in [0.4, 0.5) is 4.39 Å². The smallest absolute Gasteiger partial charge is 0.256 e. The number of hydrogen-bond donors (Lipinski definition) is 0. The third kappa shape index (κ3) is 3.30. The molecule has 0 unspecified atom stereocenters. The maximum absolute atomic E-state index is 13.9. The Hall–Kier alpha value is -1.58.